The summed E-state index contributed by atoms with van der Waals surface area (Å²) in [4.78, 5) is 24.3. The van der Waals surface area contributed by atoms with Gasteiger partial charge in [0.2, 0.25) is 0 Å². The molecule has 0 bridgehead atoms. The van der Waals surface area contributed by atoms with Crippen LogP contribution in [0.5, 0.6) is 0 Å². The third-order valence-electron chi connectivity index (χ3n) is 5.95. The highest BCUT2D eigenvalue weighted by atomic mass is 32.1. The monoisotopic (exact) mass is 446 g/mol. The van der Waals surface area contributed by atoms with Gasteiger partial charge in [0.05, 0.1) is 24.0 Å². The first-order chi connectivity index (χ1) is 15.6. The first-order valence-corrected chi connectivity index (χ1v) is 11.9. The number of hydrogen-bond donors (Lipinski definition) is 1. The minimum Gasteiger partial charge on any atom is -0.298 e. The number of piperidine rings is 1. The first-order valence-electron chi connectivity index (χ1n) is 11.0. The lowest BCUT2D eigenvalue weighted by atomic mass is 9.99. The standard InChI is InChI=1S/C24H26N6OS/c1-17-7-9-29(10-8-17)15-21-16-32-24(27-21)28-23(31)20-11-19-13-26-30(22(19)25-12-20)14-18-5-3-2-4-6-18/h2-6,11-13,16-17H,7-10,14-15H2,1H3,(H,27,28,31). The zero-order chi connectivity index (χ0) is 21.9. The number of likely N-dealkylation sites (tertiary alicyclic amines) is 1. The highest BCUT2D eigenvalue weighted by Crippen LogP contribution is 2.22. The van der Waals surface area contributed by atoms with Gasteiger partial charge in [-0.05, 0) is 43.5 Å². The van der Waals surface area contributed by atoms with E-state index >= 15 is 0 Å². The Morgan fingerprint density at radius 3 is 2.78 bits per heavy atom. The van der Waals surface area contributed by atoms with Crippen LogP contribution in [-0.4, -0.2) is 43.6 Å². The number of carbonyl (C=O) groups excluding carboxylic acids is 1. The molecule has 1 N–H and O–H groups in total. The molecule has 0 spiro atoms. The normalized spacial score (nSPS) is 15.3. The summed E-state index contributed by atoms with van der Waals surface area (Å²) in [5.74, 6) is 0.607. The summed E-state index contributed by atoms with van der Waals surface area (Å²) < 4.78 is 1.85. The van der Waals surface area contributed by atoms with E-state index < -0.39 is 0 Å². The number of amides is 1. The van der Waals surface area contributed by atoms with Crippen molar-refractivity contribution in [2.24, 2.45) is 5.92 Å². The molecule has 0 saturated carbocycles. The molecule has 4 heterocycles. The second kappa shape index (κ2) is 9.18. The predicted octanol–water partition coefficient (Wildman–Crippen LogP) is 4.42. The highest BCUT2D eigenvalue weighted by Gasteiger charge is 2.17. The summed E-state index contributed by atoms with van der Waals surface area (Å²) >= 11 is 1.46. The number of pyridine rings is 1. The van der Waals surface area contributed by atoms with Crippen molar-refractivity contribution in [3.05, 3.63) is 71.0 Å². The van der Waals surface area contributed by atoms with Crippen molar-refractivity contribution in [2.45, 2.75) is 32.9 Å². The smallest absolute Gasteiger partial charge is 0.259 e. The molecule has 164 valence electrons. The number of nitrogens with zero attached hydrogens (tertiary/aromatic N) is 5. The molecule has 1 aliphatic rings. The molecular formula is C24H26N6OS. The molecule has 1 saturated heterocycles. The maximum absolute atomic E-state index is 12.8. The van der Waals surface area contributed by atoms with Gasteiger partial charge in [-0.3, -0.25) is 15.0 Å². The zero-order valence-corrected chi connectivity index (χ0v) is 18.9. The van der Waals surface area contributed by atoms with Gasteiger partial charge in [0.15, 0.2) is 10.8 Å². The van der Waals surface area contributed by atoms with Gasteiger partial charge in [-0.1, -0.05) is 37.3 Å². The largest absolute Gasteiger partial charge is 0.298 e. The number of anilines is 1. The van der Waals surface area contributed by atoms with Gasteiger partial charge in [0.1, 0.15) is 0 Å². The maximum atomic E-state index is 12.8. The summed E-state index contributed by atoms with van der Waals surface area (Å²) in [5, 5.41) is 10.9. The van der Waals surface area contributed by atoms with Crippen molar-refractivity contribution >= 4 is 33.4 Å². The van der Waals surface area contributed by atoms with Crippen LogP contribution in [0.4, 0.5) is 5.13 Å². The van der Waals surface area contributed by atoms with Crippen molar-refractivity contribution in [3.8, 4) is 0 Å². The van der Waals surface area contributed by atoms with E-state index in [0.29, 0.717) is 17.2 Å². The van der Waals surface area contributed by atoms with Gasteiger partial charge < -0.3 is 0 Å². The molecule has 8 heteroatoms. The van der Waals surface area contributed by atoms with Gasteiger partial charge in [0.25, 0.3) is 5.91 Å². The van der Waals surface area contributed by atoms with Crippen LogP contribution in [0.1, 0.15) is 41.4 Å². The van der Waals surface area contributed by atoms with Crippen molar-refractivity contribution in [2.75, 3.05) is 18.4 Å². The summed E-state index contributed by atoms with van der Waals surface area (Å²) in [5.41, 5.74) is 3.42. The van der Waals surface area contributed by atoms with Gasteiger partial charge >= 0.3 is 0 Å². The van der Waals surface area contributed by atoms with Crippen LogP contribution in [0.3, 0.4) is 0 Å². The molecule has 5 rings (SSSR count). The fourth-order valence-corrected chi connectivity index (χ4v) is 4.72. The van der Waals surface area contributed by atoms with Crippen molar-refractivity contribution < 1.29 is 4.79 Å². The Labute approximate surface area is 191 Å². The Balaban J connectivity index is 1.24. The lowest BCUT2D eigenvalue weighted by Gasteiger charge is -2.29. The van der Waals surface area contributed by atoms with Crippen molar-refractivity contribution in [1.82, 2.24) is 24.6 Å². The maximum Gasteiger partial charge on any atom is 0.259 e. The first kappa shape index (κ1) is 20.8. The Kier molecular flexibility index (Phi) is 5.96. The van der Waals surface area contributed by atoms with Crippen LogP contribution in [0.2, 0.25) is 0 Å². The fourth-order valence-electron chi connectivity index (χ4n) is 4.02. The summed E-state index contributed by atoms with van der Waals surface area (Å²) in [6, 6.07) is 12.0. The molecule has 7 nitrogen and oxygen atoms in total. The Hall–Kier alpha value is -3.10. The Morgan fingerprint density at radius 1 is 1.16 bits per heavy atom. The molecule has 1 aliphatic heterocycles. The van der Waals surface area contributed by atoms with Gasteiger partial charge in [-0.25, -0.2) is 14.6 Å². The second-order valence-electron chi connectivity index (χ2n) is 8.48. The van der Waals surface area contributed by atoms with Crippen LogP contribution < -0.4 is 5.32 Å². The summed E-state index contributed by atoms with van der Waals surface area (Å²) in [6.07, 6.45) is 5.84. The van der Waals surface area contributed by atoms with Crippen LogP contribution in [0.15, 0.2) is 54.2 Å². The molecule has 32 heavy (non-hydrogen) atoms. The number of rotatable bonds is 6. The lowest BCUT2D eigenvalue weighted by molar-refractivity contribution is 0.102. The zero-order valence-electron chi connectivity index (χ0n) is 18.1. The summed E-state index contributed by atoms with van der Waals surface area (Å²) in [6.45, 7) is 6.02. The molecular weight excluding hydrogens is 420 g/mol. The van der Waals surface area contributed by atoms with Gasteiger partial charge in [-0.15, -0.1) is 11.3 Å². The van der Waals surface area contributed by atoms with E-state index in [1.165, 1.54) is 24.2 Å². The molecule has 0 radical (unpaired) electrons. The molecule has 1 fully saturated rings. The molecule has 1 amide bonds. The van der Waals surface area contributed by atoms with E-state index in [-0.39, 0.29) is 5.91 Å². The molecule has 0 unspecified atom stereocenters. The van der Waals surface area contributed by atoms with Gasteiger partial charge in [-0.2, -0.15) is 5.10 Å². The topological polar surface area (TPSA) is 75.9 Å². The molecule has 3 aromatic heterocycles. The highest BCUT2D eigenvalue weighted by molar-refractivity contribution is 7.14. The van der Waals surface area contributed by atoms with Crippen molar-refractivity contribution in [1.29, 1.82) is 0 Å². The van der Waals surface area contributed by atoms with E-state index in [1.807, 2.05) is 34.3 Å². The quantitative estimate of drug-likeness (QED) is 0.474. The molecule has 1 aromatic carbocycles. The Morgan fingerprint density at radius 2 is 1.97 bits per heavy atom. The molecule has 4 aromatic rings. The average Bonchev–Trinajstić information content (AvgIpc) is 3.42. The average molecular weight is 447 g/mol. The number of carbonyl (C=O) groups is 1. The number of thiazole rings is 1. The fraction of sp³-hybridized carbons (Fsp3) is 0.333. The van der Waals surface area contributed by atoms with E-state index in [0.717, 1.165) is 47.8 Å². The Bertz CT molecular complexity index is 1210. The number of aromatic nitrogens is 4. The van der Waals surface area contributed by atoms with E-state index in [4.69, 9.17) is 0 Å². The van der Waals surface area contributed by atoms with Crippen molar-refractivity contribution in [3.63, 3.8) is 0 Å². The summed E-state index contributed by atoms with van der Waals surface area (Å²) in [7, 11) is 0. The number of benzene rings is 1. The molecule has 0 atom stereocenters. The number of fused-ring (bicyclic) bond motifs is 1. The minimum atomic E-state index is -0.206. The minimum absolute atomic E-state index is 0.206. The second-order valence-corrected chi connectivity index (χ2v) is 9.34. The lowest BCUT2D eigenvalue weighted by Crippen LogP contribution is -2.32. The van der Waals surface area contributed by atoms with Gasteiger partial charge in [0, 0.05) is 23.5 Å². The van der Waals surface area contributed by atoms with E-state index in [1.54, 1.807) is 12.4 Å². The van der Waals surface area contributed by atoms with Crippen LogP contribution in [0.25, 0.3) is 11.0 Å². The number of hydrogen-bond acceptors (Lipinski definition) is 6. The predicted molar refractivity (Wildman–Crippen MR) is 127 cm³/mol. The third kappa shape index (κ3) is 4.71. The molecule has 0 aliphatic carbocycles. The van der Waals surface area contributed by atoms with E-state index in [9.17, 15) is 4.79 Å². The third-order valence-corrected chi connectivity index (χ3v) is 6.75. The van der Waals surface area contributed by atoms with Crippen LogP contribution >= 0.6 is 11.3 Å². The van der Waals surface area contributed by atoms with Crippen LogP contribution in [0, 0.1) is 5.92 Å². The van der Waals surface area contributed by atoms with Crippen LogP contribution in [-0.2, 0) is 13.1 Å². The SMILES string of the molecule is CC1CCN(Cc2csc(NC(=O)c3cnc4c(cnn4Cc4ccccc4)c3)n2)CC1. The van der Waals surface area contributed by atoms with E-state index in [2.05, 4.69) is 44.3 Å². The number of nitrogens with one attached hydrogen (secondary N) is 1.